The molecule has 2 amide bonds. The van der Waals surface area contributed by atoms with Crippen molar-refractivity contribution in [3.05, 3.63) is 29.5 Å². The van der Waals surface area contributed by atoms with Gasteiger partial charge in [0.25, 0.3) is 0 Å². The molecule has 4 rings (SSSR count). The van der Waals surface area contributed by atoms with Gasteiger partial charge in [-0.3, -0.25) is 14.7 Å². The van der Waals surface area contributed by atoms with Crippen LogP contribution in [0.2, 0.25) is 0 Å². The zero-order chi connectivity index (χ0) is 24.4. The third kappa shape index (κ3) is 6.77. The highest BCUT2D eigenvalue weighted by molar-refractivity contribution is 5.84. The normalized spacial score (nSPS) is 17.8. The number of piperidine rings is 1. The van der Waals surface area contributed by atoms with Crippen molar-refractivity contribution >= 4 is 23.2 Å². The molecule has 0 bridgehead atoms. The first-order valence-corrected chi connectivity index (χ1v) is 12.2. The molecule has 1 unspecified atom stereocenters. The van der Waals surface area contributed by atoms with E-state index in [-0.39, 0.29) is 11.3 Å². The minimum Gasteiger partial charge on any atom is -0.345 e. The number of likely N-dealkylation sites (tertiary alicyclic amines) is 2. The van der Waals surface area contributed by atoms with Crippen molar-refractivity contribution in [3.63, 3.8) is 0 Å². The minimum atomic E-state index is -0.529. The van der Waals surface area contributed by atoms with Gasteiger partial charge in [0.15, 0.2) is 0 Å². The Kier molecular flexibility index (Phi) is 10.3. The molecule has 0 saturated carbocycles. The van der Waals surface area contributed by atoms with E-state index < -0.39 is 6.04 Å². The Labute approximate surface area is 198 Å². The van der Waals surface area contributed by atoms with Gasteiger partial charge in [-0.2, -0.15) is 5.10 Å². The fraction of sp³-hybridized carbons (Fsp3) is 0.640. The van der Waals surface area contributed by atoms with Crippen molar-refractivity contribution in [3.8, 4) is 0 Å². The van der Waals surface area contributed by atoms with Gasteiger partial charge in [0.2, 0.25) is 12.3 Å². The summed E-state index contributed by atoms with van der Waals surface area (Å²) in [6.45, 7) is 12.3. The maximum Gasteiger partial charge on any atom is 0.239 e. The summed E-state index contributed by atoms with van der Waals surface area (Å²) >= 11 is 0. The minimum absolute atomic E-state index is 0.0367. The van der Waals surface area contributed by atoms with E-state index in [4.69, 9.17) is 5.73 Å². The molecule has 1 atom stereocenters. The first kappa shape index (κ1) is 26.8. The Balaban J connectivity index is 0.000000582. The van der Waals surface area contributed by atoms with Crippen LogP contribution in [0.4, 0.5) is 0 Å². The van der Waals surface area contributed by atoms with E-state index in [0.717, 1.165) is 80.4 Å². The third-order valence-corrected chi connectivity index (χ3v) is 6.69. The zero-order valence-corrected chi connectivity index (χ0v) is 21.0. The lowest BCUT2D eigenvalue weighted by Gasteiger charge is -2.37. The van der Waals surface area contributed by atoms with Gasteiger partial charge in [0.05, 0.1) is 17.8 Å². The molecule has 3 heterocycles. The summed E-state index contributed by atoms with van der Waals surface area (Å²) < 4.78 is 0. The van der Waals surface area contributed by atoms with Gasteiger partial charge < -0.3 is 20.9 Å². The van der Waals surface area contributed by atoms with Crippen molar-refractivity contribution in [1.29, 1.82) is 0 Å². The van der Waals surface area contributed by atoms with Gasteiger partial charge in [0, 0.05) is 31.6 Å². The molecule has 33 heavy (non-hydrogen) atoms. The van der Waals surface area contributed by atoms with Gasteiger partial charge in [0.1, 0.15) is 0 Å². The van der Waals surface area contributed by atoms with Crippen LogP contribution in [0.1, 0.15) is 51.2 Å². The molecule has 8 heteroatoms. The second kappa shape index (κ2) is 12.7. The van der Waals surface area contributed by atoms with Gasteiger partial charge in [-0.25, -0.2) is 0 Å². The third-order valence-electron chi connectivity index (χ3n) is 6.69. The number of fused-ring (bicyclic) bond motifs is 1. The molecular weight excluding hydrogens is 416 g/mol. The SMILES string of the molecule is CC.CCNC.Cc1cc(CC(N)C(=O)N2CCC3(CCN(C=O)CC3)C2)cc2cn[nH]c12. The van der Waals surface area contributed by atoms with E-state index in [1.54, 1.807) is 6.20 Å². The van der Waals surface area contributed by atoms with E-state index in [9.17, 15) is 9.59 Å². The summed E-state index contributed by atoms with van der Waals surface area (Å²) in [5.74, 6) is 0.0367. The number of nitrogens with zero attached hydrogens (tertiary/aromatic N) is 3. The number of H-pyrrole nitrogens is 1. The fourth-order valence-electron chi connectivity index (χ4n) is 4.64. The summed E-state index contributed by atoms with van der Waals surface area (Å²) in [4.78, 5) is 27.6. The lowest BCUT2D eigenvalue weighted by molar-refractivity contribution is -0.132. The number of amides is 2. The Morgan fingerprint density at radius 3 is 2.52 bits per heavy atom. The molecule has 0 aliphatic carbocycles. The summed E-state index contributed by atoms with van der Waals surface area (Å²) in [5, 5.41) is 11.1. The number of aromatic amines is 1. The number of hydrogen-bond acceptors (Lipinski definition) is 5. The molecular formula is C25H42N6O2. The maximum absolute atomic E-state index is 12.9. The molecule has 2 saturated heterocycles. The quantitative estimate of drug-likeness (QED) is 0.597. The first-order chi connectivity index (χ1) is 15.9. The molecule has 184 valence electrons. The summed E-state index contributed by atoms with van der Waals surface area (Å²) in [6.07, 6.45) is 6.22. The van der Waals surface area contributed by atoms with Crippen LogP contribution >= 0.6 is 0 Å². The molecule has 2 aliphatic heterocycles. The smallest absolute Gasteiger partial charge is 0.239 e. The van der Waals surface area contributed by atoms with Crippen LogP contribution in [0.5, 0.6) is 0 Å². The second-order valence-corrected chi connectivity index (χ2v) is 8.92. The van der Waals surface area contributed by atoms with Crippen LogP contribution in [0, 0.1) is 12.3 Å². The summed E-state index contributed by atoms with van der Waals surface area (Å²) in [7, 11) is 1.93. The van der Waals surface area contributed by atoms with Gasteiger partial charge >= 0.3 is 0 Å². The number of nitrogens with one attached hydrogen (secondary N) is 2. The fourth-order valence-corrected chi connectivity index (χ4v) is 4.64. The number of benzene rings is 1. The Morgan fingerprint density at radius 1 is 1.27 bits per heavy atom. The van der Waals surface area contributed by atoms with Crippen LogP contribution < -0.4 is 11.1 Å². The largest absolute Gasteiger partial charge is 0.345 e. The average Bonchev–Trinajstić information content (AvgIpc) is 3.48. The van der Waals surface area contributed by atoms with Crippen LogP contribution in [0.25, 0.3) is 10.9 Å². The number of carbonyl (C=O) groups excluding carboxylic acids is 2. The van der Waals surface area contributed by atoms with Crippen LogP contribution in [0.3, 0.4) is 0 Å². The van der Waals surface area contributed by atoms with Crippen molar-refractivity contribution in [2.45, 2.75) is 59.4 Å². The van der Waals surface area contributed by atoms with E-state index in [1.807, 2.05) is 37.6 Å². The number of aromatic nitrogens is 2. The van der Waals surface area contributed by atoms with Crippen molar-refractivity contribution in [2.24, 2.45) is 11.1 Å². The molecule has 1 aromatic carbocycles. The van der Waals surface area contributed by atoms with Gasteiger partial charge in [-0.05, 0) is 68.8 Å². The molecule has 1 spiro atoms. The Morgan fingerprint density at radius 2 is 1.91 bits per heavy atom. The van der Waals surface area contributed by atoms with E-state index in [2.05, 4.69) is 34.6 Å². The first-order valence-electron chi connectivity index (χ1n) is 12.2. The van der Waals surface area contributed by atoms with Gasteiger partial charge in [-0.1, -0.05) is 26.8 Å². The zero-order valence-electron chi connectivity index (χ0n) is 21.0. The summed E-state index contributed by atoms with van der Waals surface area (Å²) in [6, 6.07) is 3.60. The van der Waals surface area contributed by atoms with Crippen molar-refractivity contribution < 1.29 is 9.59 Å². The predicted molar refractivity (Wildman–Crippen MR) is 134 cm³/mol. The van der Waals surface area contributed by atoms with Crippen molar-refractivity contribution in [2.75, 3.05) is 39.8 Å². The van der Waals surface area contributed by atoms with Gasteiger partial charge in [-0.15, -0.1) is 0 Å². The standard InChI is InChI=1S/C20H27N5O2.C3H9N.C2H6/c1-14-8-15(9-16-11-22-23-18(14)16)10-17(21)19(27)25-7-4-20(12-25)2-5-24(13-26)6-3-20;1-3-4-2;1-2/h8-9,11,13,17H,2-7,10,12,21H2,1H3,(H,22,23);4H,3H2,1-2H3;1-2H3. The lowest BCUT2D eigenvalue weighted by Crippen LogP contribution is -2.46. The highest BCUT2D eigenvalue weighted by atomic mass is 16.2. The highest BCUT2D eigenvalue weighted by Crippen LogP contribution is 2.40. The summed E-state index contributed by atoms with van der Waals surface area (Å²) in [5.41, 5.74) is 9.67. The number of nitrogens with two attached hydrogens (primary N) is 1. The van der Waals surface area contributed by atoms with E-state index >= 15 is 0 Å². The number of aryl methyl sites for hydroxylation is 1. The molecule has 2 aromatic rings. The molecule has 8 nitrogen and oxygen atoms in total. The number of rotatable bonds is 5. The molecule has 2 aliphatic rings. The van der Waals surface area contributed by atoms with E-state index in [0.29, 0.717) is 6.42 Å². The topological polar surface area (TPSA) is 107 Å². The van der Waals surface area contributed by atoms with E-state index in [1.165, 1.54) is 0 Å². The van der Waals surface area contributed by atoms with Crippen molar-refractivity contribution in [1.82, 2.24) is 25.3 Å². The molecule has 1 aromatic heterocycles. The predicted octanol–water partition coefficient (Wildman–Crippen LogP) is 2.46. The Bertz CT molecular complexity index is 886. The monoisotopic (exact) mass is 458 g/mol. The second-order valence-electron chi connectivity index (χ2n) is 8.92. The number of carbonyl (C=O) groups is 2. The van der Waals surface area contributed by atoms with Crippen LogP contribution in [0.15, 0.2) is 18.3 Å². The molecule has 2 fully saturated rings. The van der Waals surface area contributed by atoms with Crippen LogP contribution in [-0.2, 0) is 16.0 Å². The maximum atomic E-state index is 12.9. The van der Waals surface area contributed by atoms with Crippen LogP contribution in [-0.4, -0.2) is 78.1 Å². The average molecular weight is 459 g/mol. The highest BCUT2D eigenvalue weighted by Gasteiger charge is 2.42. The number of hydrogen-bond donors (Lipinski definition) is 3. The Hall–Kier alpha value is -2.45. The molecule has 4 N–H and O–H groups in total. The lowest BCUT2D eigenvalue weighted by atomic mass is 9.78. The molecule has 0 radical (unpaired) electrons.